The molecule has 38 heavy (non-hydrogen) atoms. The van der Waals surface area contributed by atoms with Crippen LogP contribution >= 0.6 is 0 Å². The Morgan fingerprint density at radius 3 is 2.37 bits per heavy atom. The van der Waals surface area contributed by atoms with Crippen LogP contribution in [0.15, 0.2) is 64.8 Å². The summed E-state index contributed by atoms with van der Waals surface area (Å²) in [6, 6.07) is 12.5. The molecule has 200 valence electrons. The zero-order valence-corrected chi connectivity index (χ0v) is 20.5. The number of halogens is 3. The fourth-order valence-electron chi connectivity index (χ4n) is 4.83. The largest absolute Gasteiger partial charge is 0.468 e. The van der Waals surface area contributed by atoms with Gasteiger partial charge in [-0.15, -0.1) is 0 Å². The number of hydrogen-bond donors (Lipinski definition) is 0. The van der Waals surface area contributed by atoms with E-state index in [0.29, 0.717) is 13.1 Å². The van der Waals surface area contributed by atoms with Gasteiger partial charge in [-0.05, 0) is 23.6 Å². The van der Waals surface area contributed by atoms with Crippen molar-refractivity contribution in [3.63, 3.8) is 0 Å². The van der Waals surface area contributed by atoms with Crippen LogP contribution in [0, 0.1) is 16.0 Å². The first kappa shape index (κ1) is 27.0. The van der Waals surface area contributed by atoms with Gasteiger partial charge in [-0.1, -0.05) is 36.4 Å². The lowest BCUT2D eigenvalue weighted by atomic mass is 9.75. The number of rotatable bonds is 7. The van der Waals surface area contributed by atoms with Crippen molar-refractivity contribution in [2.45, 2.75) is 32.1 Å². The van der Waals surface area contributed by atoms with Crippen LogP contribution in [-0.4, -0.2) is 53.9 Å². The molecule has 2 aliphatic heterocycles. The van der Waals surface area contributed by atoms with Crippen LogP contribution < -0.4 is 0 Å². The number of nitro benzene ring substituents is 1. The summed E-state index contributed by atoms with van der Waals surface area (Å²) < 4.78 is 52.5. The SMILES string of the molecule is COC(=O)C1C(C)=NC(C(F)(F)F)=C(C(=O)OCCN2Cc3ccccc3C2)C1c1cccc([N+](=O)[O-])c1. The molecule has 0 saturated heterocycles. The molecule has 0 bridgehead atoms. The maximum atomic E-state index is 14.1. The fraction of sp³-hybridized carbons (Fsp3) is 0.346. The summed E-state index contributed by atoms with van der Waals surface area (Å²) in [6.07, 6.45) is -5.06. The number of methoxy groups -OCH3 is 1. The number of fused-ring (bicyclic) bond motifs is 1. The van der Waals surface area contributed by atoms with E-state index in [1.807, 2.05) is 29.2 Å². The summed E-state index contributed by atoms with van der Waals surface area (Å²) in [7, 11) is 1.05. The van der Waals surface area contributed by atoms with Crippen LogP contribution in [0.1, 0.15) is 29.5 Å². The summed E-state index contributed by atoms with van der Waals surface area (Å²) >= 11 is 0. The van der Waals surface area contributed by atoms with Gasteiger partial charge < -0.3 is 9.47 Å². The number of nitro groups is 1. The molecule has 2 aromatic rings. The minimum absolute atomic E-state index is 0.0486. The van der Waals surface area contributed by atoms with Crippen LogP contribution in [0.5, 0.6) is 0 Å². The van der Waals surface area contributed by atoms with Gasteiger partial charge in [0.15, 0.2) is 5.70 Å². The van der Waals surface area contributed by atoms with Crippen molar-refractivity contribution in [3.8, 4) is 0 Å². The van der Waals surface area contributed by atoms with Crippen molar-refractivity contribution >= 4 is 23.3 Å². The van der Waals surface area contributed by atoms with Crippen molar-refractivity contribution in [1.29, 1.82) is 0 Å². The molecule has 2 atom stereocenters. The minimum Gasteiger partial charge on any atom is -0.468 e. The molecule has 12 heteroatoms. The Balaban J connectivity index is 1.68. The summed E-state index contributed by atoms with van der Waals surface area (Å²) in [5, 5.41) is 11.4. The van der Waals surface area contributed by atoms with E-state index < -0.39 is 51.8 Å². The molecule has 0 saturated carbocycles. The third kappa shape index (κ3) is 5.44. The van der Waals surface area contributed by atoms with E-state index in [9.17, 15) is 32.9 Å². The van der Waals surface area contributed by atoms with Crippen molar-refractivity contribution in [2.75, 3.05) is 20.3 Å². The van der Waals surface area contributed by atoms with Gasteiger partial charge in [0, 0.05) is 43.4 Å². The number of carbonyl (C=O) groups is 2. The average molecular weight is 531 g/mol. The molecule has 2 heterocycles. The normalized spacial score (nSPS) is 19.6. The van der Waals surface area contributed by atoms with E-state index in [4.69, 9.17) is 9.47 Å². The number of alkyl halides is 3. The van der Waals surface area contributed by atoms with E-state index in [0.717, 1.165) is 30.4 Å². The van der Waals surface area contributed by atoms with Crippen LogP contribution in [-0.2, 0) is 32.2 Å². The van der Waals surface area contributed by atoms with Gasteiger partial charge >= 0.3 is 18.1 Å². The highest BCUT2D eigenvalue weighted by atomic mass is 19.4. The number of aliphatic imine (C=N–C) groups is 1. The zero-order chi connectivity index (χ0) is 27.6. The first-order valence-corrected chi connectivity index (χ1v) is 11.7. The van der Waals surface area contributed by atoms with Gasteiger partial charge in [0.1, 0.15) is 12.5 Å². The highest BCUT2D eigenvalue weighted by Gasteiger charge is 2.50. The molecule has 0 spiro atoms. The van der Waals surface area contributed by atoms with E-state index >= 15 is 0 Å². The summed E-state index contributed by atoms with van der Waals surface area (Å²) in [5.41, 5.74) is -0.885. The van der Waals surface area contributed by atoms with E-state index in [-0.39, 0.29) is 24.4 Å². The topological polar surface area (TPSA) is 111 Å². The predicted octanol–water partition coefficient (Wildman–Crippen LogP) is 4.32. The highest BCUT2D eigenvalue weighted by molar-refractivity contribution is 6.07. The lowest BCUT2D eigenvalue weighted by Gasteiger charge is -2.32. The number of ether oxygens (including phenoxy) is 2. The Morgan fingerprint density at radius 1 is 1.13 bits per heavy atom. The van der Waals surface area contributed by atoms with Crippen molar-refractivity contribution < 1.29 is 37.2 Å². The third-order valence-corrected chi connectivity index (χ3v) is 6.57. The van der Waals surface area contributed by atoms with Crippen molar-refractivity contribution in [3.05, 3.63) is 86.6 Å². The van der Waals surface area contributed by atoms with E-state index in [1.165, 1.54) is 19.1 Å². The molecule has 0 amide bonds. The Labute approximate surface area is 215 Å². The first-order chi connectivity index (χ1) is 18.0. The molecule has 0 aromatic heterocycles. The van der Waals surface area contributed by atoms with Gasteiger partial charge in [0.25, 0.3) is 5.69 Å². The fourth-order valence-corrected chi connectivity index (χ4v) is 4.83. The van der Waals surface area contributed by atoms with Crippen molar-refractivity contribution in [1.82, 2.24) is 4.90 Å². The lowest BCUT2D eigenvalue weighted by molar-refractivity contribution is -0.384. The molecule has 0 fully saturated rings. The Kier molecular flexibility index (Phi) is 7.63. The van der Waals surface area contributed by atoms with Crippen LogP contribution in [0.2, 0.25) is 0 Å². The molecular weight excluding hydrogens is 507 g/mol. The Morgan fingerprint density at radius 2 is 1.79 bits per heavy atom. The van der Waals surface area contributed by atoms with Crippen LogP contribution in [0.25, 0.3) is 0 Å². The predicted molar refractivity (Wildman–Crippen MR) is 129 cm³/mol. The second kappa shape index (κ2) is 10.7. The quantitative estimate of drug-likeness (QED) is 0.297. The smallest absolute Gasteiger partial charge is 0.433 e. The standard InChI is InChI=1S/C26H24F3N3O6/c1-15-20(24(33)37-2)21(16-8-5-9-19(12-16)32(35)36)22(23(30-15)26(27,28)29)25(34)38-11-10-31-13-17-6-3-4-7-18(17)14-31/h3-9,12,20-21H,10-11,13-14H2,1-2H3. The number of carbonyl (C=O) groups excluding carboxylic acids is 2. The van der Waals surface area contributed by atoms with Gasteiger partial charge in [0.05, 0.1) is 17.6 Å². The number of benzene rings is 2. The molecule has 0 aliphatic carbocycles. The second-order valence-electron chi connectivity index (χ2n) is 8.96. The maximum Gasteiger partial charge on any atom is 0.433 e. The second-order valence-corrected chi connectivity index (χ2v) is 8.96. The zero-order valence-electron chi connectivity index (χ0n) is 20.5. The molecule has 2 aliphatic rings. The number of allylic oxidation sites excluding steroid dienone is 1. The summed E-state index contributed by atoms with van der Waals surface area (Å²) in [4.78, 5) is 42.2. The lowest BCUT2D eigenvalue weighted by Crippen LogP contribution is -2.38. The van der Waals surface area contributed by atoms with Crippen LogP contribution in [0.3, 0.4) is 0 Å². The third-order valence-electron chi connectivity index (χ3n) is 6.57. The number of non-ortho nitro benzene ring substituents is 1. The first-order valence-electron chi connectivity index (χ1n) is 11.7. The van der Waals surface area contributed by atoms with Gasteiger partial charge in [-0.2, -0.15) is 13.2 Å². The monoisotopic (exact) mass is 531 g/mol. The summed E-state index contributed by atoms with van der Waals surface area (Å²) in [5.74, 6) is -5.25. The Hall–Kier alpha value is -4.06. The molecule has 0 radical (unpaired) electrons. The summed E-state index contributed by atoms with van der Waals surface area (Å²) in [6.45, 7) is 2.47. The van der Waals surface area contributed by atoms with Crippen molar-refractivity contribution in [2.24, 2.45) is 10.9 Å². The van der Waals surface area contributed by atoms with Gasteiger partial charge in [0.2, 0.25) is 0 Å². The molecule has 0 N–H and O–H groups in total. The molecule has 2 unspecified atom stereocenters. The van der Waals surface area contributed by atoms with E-state index in [1.54, 1.807) is 0 Å². The van der Waals surface area contributed by atoms with E-state index in [2.05, 4.69) is 4.99 Å². The number of hydrogen-bond acceptors (Lipinski definition) is 8. The number of nitrogens with zero attached hydrogens (tertiary/aromatic N) is 3. The maximum absolute atomic E-state index is 14.1. The molecule has 9 nitrogen and oxygen atoms in total. The molecule has 4 rings (SSSR count). The average Bonchev–Trinajstić information content (AvgIpc) is 3.29. The van der Waals surface area contributed by atoms with Gasteiger partial charge in [-0.3, -0.25) is 24.8 Å². The minimum atomic E-state index is -5.06. The van der Waals surface area contributed by atoms with Gasteiger partial charge in [-0.25, -0.2) is 4.79 Å². The molecular formula is C26H24F3N3O6. The Bertz CT molecular complexity index is 1310. The highest BCUT2D eigenvalue weighted by Crippen LogP contribution is 2.45. The van der Waals surface area contributed by atoms with Crippen LogP contribution in [0.4, 0.5) is 18.9 Å². The number of esters is 2. The molecule has 2 aromatic carbocycles.